The molecular formula is C11H14ClNO2. The fourth-order valence-corrected chi connectivity index (χ4v) is 1.26. The first-order valence-electron chi connectivity index (χ1n) is 4.58. The lowest BCUT2D eigenvalue weighted by Crippen LogP contribution is -2.46. The minimum Gasteiger partial charge on any atom is -0.508 e. The van der Waals surface area contributed by atoms with Gasteiger partial charge in [0.25, 0.3) is 0 Å². The summed E-state index contributed by atoms with van der Waals surface area (Å²) in [6.07, 6.45) is 0. The number of benzene rings is 1. The minimum atomic E-state index is -0.765. The van der Waals surface area contributed by atoms with Crippen LogP contribution in [0.2, 0.25) is 0 Å². The third-order valence-corrected chi connectivity index (χ3v) is 3.02. The number of rotatable bonds is 3. The van der Waals surface area contributed by atoms with E-state index in [-0.39, 0.29) is 5.75 Å². The number of likely N-dealkylation sites (N-methyl/N-ethyl adjacent to an activating group) is 1. The Morgan fingerprint density at radius 1 is 1.33 bits per heavy atom. The number of phenolic OH excluding ortho intramolecular Hbond substituents is 1. The quantitative estimate of drug-likeness (QED) is 0.806. The van der Waals surface area contributed by atoms with E-state index >= 15 is 0 Å². The van der Waals surface area contributed by atoms with Gasteiger partial charge in [-0.3, -0.25) is 4.79 Å². The maximum Gasteiger partial charge on any atom is 0.246 e. The molecule has 0 atom stereocenters. The molecule has 3 nitrogen and oxygen atoms in total. The van der Waals surface area contributed by atoms with Gasteiger partial charge in [0, 0.05) is 12.7 Å². The molecule has 0 unspecified atom stereocenters. The van der Waals surface area contributed by atoms with Gasteiger partial charge in [0.2, 0.25) is 5.24 Å². The van der Waals surface area contributed by atoms with Crippen molar-refractivity contribution in [3.05, 3.63) is 24.3 Å². The first-order chi connectivity index (χ1) is 6.85. The molecule has 1 aromatic carbocycles. The SMILES string of the molecule is CN(c1ccc(O)cc1)C(C)(C)C(=O)Cl. The third kappa shape index (κ3) is 2.42. The molecule has 0 bridgehead atoms. The van der Waals surface area contributed by atoms with E-state index < -0.39 is 10.8 Å². The van der Waals surface area contributed by atoms with Crippen molar-refractivity contribution in [3.8, 4) is 5.75 Å². The molecule has 0 fully saturated rings. The average Bonchev–Trinajstić information content (AvgIpc) is 2.17. The van der Waals surface area contributed by atoms with E-state index in [1.54, 1.807) is 50.1 Å². The van der Waals surface area contributed by atoms with Crippen LogP contribution in [0.3, 0.4) is 0 Å². The van der Waals surface area contributed by atoms with Crippen LogP contribution in [-0.2, 0) is 4.79 Å². The minimum absolute atomic E-state index is 0.196. The first kappa shape index (κ1) is 11.9. The Kier molecular flexibility index (Phi) is 3.25. The van der Waals surface area contributed by atoms with Crippen LogP contribution in [0.1, 0.15) is 13.8 Å². The molecule has 82 valence electrons. The summed E-state index contributed by atoms with van der Waals surface area (Å²) in [5, 5.41) is 8.72. The van der Waals surface area contributed by atoms with Gasteiger partial charge in [-0.05, 0) is 49.7 Å². The Balaban J connectivity index is 2.99. The molecule has 1 N–H and O–H groups in total. The van der Waals surface area contributed by atoms with Crippen LogP contribution in [0.25, 0.3) is 0 Å². The number of nitrogens with zero attached hydrogens (tertiary/aromatic N) is 1. The van der Waals surface area contributed by atoms with Crippen LogP contribution in [0, 0.1) is 0 Å². The van der Waals surface area contributed by atoms with E-state index in [4.69, 9.17) is 16.7 Å². The standard InChI is InChI=1S/C11H14ClNO2/c1-11(2,10(12)15)13(3)8-4-6-9(14)7-5-8/h4-7,14H,1-3H3. The second kappa shape index (κ2) is 4.11. The van der Waals surface area contributed by atoms with Gasteiger partial charge in [0.15, 0.2) is 0 Å². The van der Waals surface area contributed by atoms with Gasteiger partial charge < -0.3 is 10.0 Å². The highest BCUT2D eigenvalue weighted by atomic mass is 35.5. The zero-order valence-electron chi connectivity index (χ0n) is 8.99. The first-order valence-corrected chi connectivity index (χ1v) is 4.96. The van der Waals surface area contributed by atoms with E-state index in [0.29, 0.717) is 0 Å². The van der Waals surface area contributed by atoms with Gasteiger partial charge in [-0.2, -0.15) is 0 Å². The molecule has 0 saturated heterocycles. The fourth-order valence-electron chi connectivity index (χ4n) is 1.13. The van der Waals surface area contributed by atoms with Gasteiger partial charge in [-0.25, -0.2) is 0 Å². The van der Waals surface area contributed by atoms with Crippen molar-refractivity contribution in [2.24, 2.45) is 0 Å². The van der Waals surface area contributed by atoms with Gasteiger partial charge in [-0.15, -0.1) is 0 Å². The predicted octanol–water partition coefficient (Wildman–Crippen LogP) is 2.37. The third-order valence-electron chi connectivity index (χ3n) is 2.56. The Hall–Kier alpha value is -1.22. The van der Waals surface area contributed by atoms with Gasteiger partial charge in [0.1, 0.15) is 11.3 Å². The van der Waals surface area contributed by atoms with E-state index in [0.717, 1.165) is 5.69 Å². The predicted molar refractivity (Wildman–Crippen MR) is 61.4 cm³/mol. The smallest absolute Gasteiger partial charge is 0.246 e. The zero-order valence-corrected chi connectivity index (χ0v) is 9.75. The second-order valence-electron chi connectivity index (χ2n) is 3.91. The van der Waals surface area contributed by atoms with E-state index in [2.05, 4.69) is 0 Å². The molecule has 0 radical (unpaired) electrons. The molecule has 0 aliphatic carbocycles. The van der Waals surface area contributed by atoms with Crippen molar-refractivity contribution in [1.82, 2.24) is 0 Å². The lowest BCUT2D eigenvalue weighted by Gasteiger charge is -2.34. The summed E-state index contributed by atoms with van der Waals surface area (Å²) in [7, 11) is 1.78. The fraction of sp³-hybridized carbons (Fsp3) is 0.364. The average molecular weight is 228 g/mol. The molecule has 15 heavy (non-hydrogen) atoms. The van der Waals surface area contributed by atoms with E-state index in [1.807, 2.05) is 0 Å². The van der Waals surface area contributed by atoms with E-state index in [1.165, 1.54) is 0 Å². The van der Waals surface area contributed by atoms with Crippen LogP contribution in [0.5, 0.6) is 5.75 Å². The molecule has 0 aliphatic rings. The number of hydrogen-bond donors (Lipinski definition) is 1. The van der Waals surface area contributed by atoms with Gasteiger partial charge >= 0.3 is 0 Å². The zero-order chi connectivity index (χ0) is 11.6. The van der Waals surface area contributed by atoms with Crippen LogP contribution < -0.4 is 4.90 Å². The van der Waals surface area contributed by atoms with Crippen molar-refractivity contribution in [3.63, 3.8) is 0 Å². The number of anilines is 1. The number of carbonyl (C=O) groups is 1. The molecule has 1 aromatic rings. The summed E-state index contributed by atoms with van der Waals surface area (Å²) in [6.45, 7) is 3.49. The van der Waals surface area contributed by atoms with Crippen LogP contribution in [0.15, 0.2) is 24.3 Å². The largest absolute Gasteiger partial charge is 0.508 e. The molecule has 0 aliphatic heterocycles. The molecule has 1 rings (SSSR count). The number of aromatic hydroxyl groups is 1. The molecule has 4 heteroatoms. The Morgan fingerprint density at radius 2 is 1.80 bits per heavy atom. The van der Waals surface area contributed by atoms with Crippen molar-refractivity contribution in [2.75, 3.05) is 11.9 Å². The summed E-state index contributed by atoms with van der Waals surface area (Å²) in [6, 6.07) is 6.61. The normalized spacial score (nSPS) is 11.2. The Labute approximate surface area is 94.3 Å². The number of phenols is 1. The number of halogens is 1. The lowest BCUT2D eigenvalue weighted by molar-refractivity contribution is -0.115. The monoisotopic (exact) mass is 227 g/mol. The number of hydrogen-bond acceptors (Lipinski definition) is 3. The molecule has 0 spiro atoms. The summed E-state index contributed by atoms with van der Waals surface area (Å²) in [4.78, 5) is 13.0. The summed E-state index contributed by atoms with van der Waals surface area (Å²) in [5.41, 5.74) is 0.0604. The summed E-state index contributed by atoms with van der Waals surface area (Å²) >= 11 is 5.52. The van der Waals surface area contributed by atoms with Crippen LogP contribution >= 0.6 is 11.6 Å². The lowest BCUT2D eigenvalue weighted by atomic mass is 10.0. The highest BCUT2D eigenvalue weighted by molar-refractivity contribution is 6.65. The van der Waals surface area contributed by atoms with Crippen molar-refractivity contribution < 1.29 is 9.90 Å². The Bertz CT molecular complexity index is 359. The summed E-state index contributed by atoms with van der Waals surface area (Å²) < 4.78 is 0. The van der Waals surface area contributed by atoms with Crippen LogP contribution in [0.4, 0.5) is 5.69 Å². The maximum absolute atomic E-state index is 11.2. The number of carbonyl (C=O) groups excluding carboxylic acids is 1. The molecule has 0 saturated carbocycles. The van der Waals surface area contributed by atoms with Gasteiger partial charge in [-0.1, -0.05) is 0 Å². The van der Waals surface area contributed by atoms with Crippen LogP contribution in [-0.4, -0.2) is 22.9 Å². The molecule has 0 amide bonds. The molecular weight excluding hydrogens is 214 g/mol. The van der Waals surface area contributed by atoms with Crippen molar-refractivity contribution >= 4 is 22.5 Å². The second-order valence-corrected chi connectivity index (χ2v) is 4.25. The Morgan fingerprint density at radius 3 is 2.20 bits per heavy atom. The summed E-state index contributed by atoms with van der Waals surface area (Å²) in [5.74, 6) is 0.196. The molecule has 0 heterocycles. The highest BCUT2D eigenvalue weighted by Gasteiger charge is 2.30. The topological polar surface area (TPSA) is 40.5 Å². The van der Waals surface area contributed by atoms with Crippen molar-refractivity contribution in [2.45, 2.75) is 19.4 Å². The van der Waals surface area contributed by atoms with Gasteiger partial charge in [0.05, 0.1) is 0 Å². The highest BCUT2D eigenvalue weighted by Crippen LogP contribution is 2.25. The molecule has 0 aromatic heterocycles. The maximum atomic E-state index is 11.2. The van der Waals surface area contributed by atoms with Crippen molar-refractivity contribution in [1.29, 1.82) is 0 Å². The van der Waals surface area contributed by atoms with E-state index in [9.17, 15) is 4.79 Å².